The van der Waals surface area contributed by atoms with E-state index in [1.54, 1.807) is 0 Å². The van der Waals surface area contributed by atoms with E-state index in [9.17, 15) is 0 Å². The summed E-state index contributed by atoms with van der Waals surface area (Å²) in [6.07, 6.45) is 0. The van der Waals surface area contributed by atoms with E-state index in [1.807, 2.05) is 0 Å². The number of hydrogen-bond donors (Lipinski definition) is 1. The first kappa shape index (κ1) is 18.9. The molecule has 0 bridgehead atoms. The molecule has 0 atom stereocenters. The van der Waals surface area contributed by atoms with E-state index in [-0.39, 0.29) is 5.41 Å². The summed E-state index contributed by atoms with van der Waals surface area (Å²) in [5.41, 5.74) is 10.2. The third-order valence-corrected chi connectivity index (χ3v) is 6.85. The maximum atomic E-state index is 3.75. The van der Waals surface area contributed by atoms with Crippen molar-refractivity contribution in [2.75, 3.05) is 5.32 Å². The molecular formula is C31H25N. The molecular weight excluding hydrogens is 386 g/mol. The smallest absolute Gasteiger partial charge is 0.0470 e. The van der Waals surface area contributed by atoms with Crippen LogP contribution in [0, 0.1) is 0 Å². The Morgan fingerprint density at radius 3 is 2.19 bits per heavy atom. The molecule has 0 amide bonds. The van der Waals surface area contributed by atoms with Crippen LogP contribution in [0.15, 0.2) is 109 Å². The summed E-state index contributed by atoms with van der Waals surface area (Å²) in [5.74, 6) is 0. The molecule has 0 heterocycles. The Bertz CT molecular complexity index is 1460. The van der Waals surface area contributed by atoms with E-state index < -0.39 is 0 Å². The lowest BCUT2D eigenvalue weighted by Gasteiger charge is -2.21. The van der Waals surface area contributed by atoms with Crippen molar-refractivity contribution in [3.05, 3.63) is 120 Å². The van der Waals surface area contributed by atoms with Crippen LogP contribution in [0.1, 0.15) is 25.0 Å². The number of fused-ring (bicyclic) bond motifs is 4. The van der Waals surface area contributed by atoms with Gasteiger partial charge in [-0.2, -0.15) is 0 Å². The Kier molecular flexibility index (Phi) is 4.19. The Labute approximate surface area is 189 Å². The van der Waals surface area contributed by atoms with Crippen LogP contribution in [0.25, 0.3) is 33.0 Å². The van der Waals surface area contributed by atoms with Gasteiger partial charge in [0.15, 0.2) is 0 Å². The topological polar surface area (TPSA) is 12.0 Å². The third kappa shape index (κ3) is 2.85. The van der Waals surface area contributed by atoms with Gasteiger partial charge in [0.25, 0.3) is 0 Å². The molecule has 0 saturated carbocycles. The maximum absolute atomic E-state index is 3.75. The minimum atomic E-state index is 0.0304. The first-order valence-electron chi connectivity index (χ1n) is 11.2. The zero-order valence-corrected chi connectivity index (χ0v) is 18.4. The van der Waals surface area contributed by atoms with Gasteiger partial charge in [-0.15, -0.1) is 0 Å². The van der Waals surface area contributed by atoms with Crippen LogP contribution in [0.5, 0.6) is 0 Å². The lowest BCUT2D eigenvalue weighted by atomic mass is 9.82. The summed E-state index contributed by atoms with van der Waals surface area (Å²) in [6.45, 7) is 4.64. The molecule has 0 aromatic heterocycles. The fourth-order valence-corrected chi connectivity index (χ4v) is 5.24. The third-order valence-electron chi connectivity index (χ3n) is 6.85. The molecule has 1 heteroatoms. The first-order chi connectivity index (χ1) is 15.6. The van der Waals surface area contributed by atoms with Gasteiger partial charge in [-0.1, -0.05) is 105 Å². The highest BCUT2D eigenvalue weighted by atomic mass is 14.9. The summed E-state index contributed by atoms with van der Waals surface area (Å²) >= 11 is 0. The van der Waals surface area contributed by atoms with Crippen molar-refractivity contribution in [2.24, 2.45) is 0 Å². The van der Waals surface area contributed by atoms with Crippen molar-refractivity contribution in [1.29, 1.82) is 0 Å². The molecule has 154 valence electrons. The molecule has 0 saturated heterocycles. The number of nitrogens with one attached hydrogen (secondary N) is 1. The highest BCUT2D eigenvalue weighted by molar-refractivity contribution is 6.03. The lowest BCUT2D eigenvalue weighted by Crippen LogP contribution is -2.14. The summed E-state index contributed by atoms with van der Waals surface area (Å²) < 4.78 is 0. The second kappa shape index (κ2) is 7.10. The Morgan fingerprint density at radius 1 is 0.594 bits per heavy atom. The summed E-state index contributed by atoms with van der Waals surface area (Å²) in [6, 6.07) is 39.3. The van der Waals surface area contributed by atoms with Crippen LogP contribution >= 0.6 is 0 Å². The predicted octanol–water partition coefficient (Wildman–Crippen LogP) is 8.56. The van der Waals surface area contributed by atoms with E-state index in [0.717, 1.165) is 11.4 Å². The molecule has 0 aliphatic heterocycles. The lowest BCUT2D eigenvalue weighted by molar-refractivity contribution is 0.660. The molecule has 5 aromatic carbocycles. The van der Waals surface area contributed by atoms with Gasteiger partial charge in [0.05, 0.1) is 0 Å². The summed E-state index contributed by atoms with van der Waals surface area (Å²) in [5, 5.41) is 6.26. The van der Waals surface area contributed by atoms with Gasteiger partial charge in [-0.25, -0.2) is 0 Å². The SMILES string of the molecule is CC1(C)c2ccccc2-c2cc(Nc3ccc4ccccc4c3-c3ccccc3)ccc21. The standard InChI is InChI=1S/C31H25N/c1-31(2)27-15-9-8-14-25(27)26-20-23(17-18-28(26)31)32-29-19-16-21-10-6-7-13-24(21)30(29)22-11-4-3-5-12-22/h3-20,32H,1-2H3. The Balaban J connectivity index is 1.50. The molecule has 6 rings (SSSR count). The summed E-state index contributed by atoms with van der Waals surface area (Å²) in [7, 11) is 0. The van der Waals surface area contributed by atoms with Crippen LogP contribution in [-0.4, -0.2) is 0 Å². The van der Waals surface area contributed by atoms with Crippen molar-refractivity contribution < 1.29 is 0 Å². The van der Waals surface area contributed by atoms with Gasteiger partial charge >= 0.3 is 0 Å². The fourth-order valence-electron chi connectivity index (χ4n) is 5.24. The molecule has 5 aromatic rings. The van der Waals surface area contributed by atoms with Gasteiger partial charge in [0.2, 0.25) is 0 Å². The van der Waals surface area contributed by atoms with Crippen LogP contribution in [0.3, 0.4) is 0 Å². The molecule has 0 unspecified atom stereocenters. The van der Waals surface area contributed by atoms with E-state index in [4.69, 9.17) is 0 Å². The first-order valence-corrected chi connectivity index (χ1v) is 11.2. The van der Waals surface area contributed by atoms with Gasteiger partial charge in [-0.05, 0) is 56.8 Å². The highest BCUT2D eigenvalue weighted by Gasteiger charge is 2.35. The largest absolute Gasteiger partial charge is 0.355 e. The van der Waals surface area contributed by atoms with Crippen molar-refractivity contribution in [1.82, 2.24) is 0 Å². The van der Waals surface area contributed by atoms with Crippen molar-refractivity contribution in [2.45, 2.75) is 19.3 Å². The van der Waals surface area contributed by atoms with Gasteiger partial charge in [0, 0.05) is 22.4 Å². The Morgan fingerprint density at radius 2 is 1.31 bits per heavy atom. The zero-order valence-electron chi connectivity index (χ0n) is 18.4. The van der Waals surface area contributed by atoms with E-state index >= 15 is 0 Å². The highest BCUT2D eigenvalue weighted by Crippen LogP contribution is 2.49. The molecule has 1 aliphatic carbocycles. The second-order valence-electron chi connectivity index (χ2n) is 9.13. The minimum Gasteiger partial charge on any atom is -0.355 e. The number of rotatable bonds is 3. The average molecular weight is 412 g/mol. The van der Waals surface area contributed by atoms with Crippen LogP contribution in [-0.2, 0) is 5.41 Å². The van der Waals surface area contributed by atoms with Crippen molar-refractivity contribution >= 4 is 22.1 Å². The van der Waals surface area contributed by atoms with E-state index in [0.29, 0.717) is 0 Å². The van der Waals surface area contributed by atoms with Crippen LogP contribution in [0.2, 0.25) is 0 Å². The van der Waals surface area contributed by atoms with Crippen molar-refractivity contribution in [3.63, 3.8) is 0 Å². The van der Waals surface area contributed by atoms with E-state index in [2.05, 4.69) is 128 Å². The molecule has 1 N–H and O–H groups in total. The average Bonchev–Trinajstić information content (AvgIpc) is 3.06. The fraction of sp³-hybridized carbons (Fsp3) is 0.0968. The normalized spacial score (nSPS) is 13.6. The molecule has 1 nitrogen and oxygen atoms in total. The minimum absolute atomic E-state index is 0.0304. The summed E-state index contributed by atoms with van der Waals surface area (Å²) in [4.78, 5) is 0. The molecule has 32 heavy (non-hydrogen) atoms. The quantitative estimate of drug-likeness (QED) is 0.313. The van der Waals surface area contributed by atoms with Crippen LogP contribution < -0.4 is 5.32 Å². The number of benzene rings is 5. The van der Waals surface area contributed by atoms with Gasteiger partial charge in [-0.3, -0.25) is 0 Å². The van der Waals surface area contributed by atoms with E-state index in [1.165, 1.54) is 44.2 Å². The van der Waals surface area contributed by atoms with Crippen LogP contribution in [0.4, 0.5) is 11.4 Å². The number of hydrogen-bond acceptors (Lipinski definition) is 1. The second-order valence-corrected chi connectivity index (χ2v) is 9.13. The predicted molar refractivity (Wildman–Crippen MR) is 137 cm³/mol. The molecule has 0 radical (unpaired) electrons. The number of anilines is 2. The van der Waals surface area contributed by atoms with Crippen molar-refractivity contribution in [3.8, 4) is 22.3 Å². The zero-order chi connectivity index (χ0) is 21.7. The molecule has 1 aliphatic rings. The van der Waals surface area contributed by atoms with Gasteiger partial charge in [0.1, 0.15) is 0 Å². The monoisotopic (exact) mass is 411 g/mol. The Hall–Kier alpha value is -3.84. The van der Waals surface area contributed by atoms with Gasteiger partial charge < -0.3 is 5.32 Å². The maximum Gasteiger partial charge on any atom is 0.0470 e. The molecule has 0 fully saturated rings. The molecule has 0 spiro atoms.